The van der Waals surface area contributed by atoms with Crippen LogP contribution in [-0.2, 0) is 9.53 Å². The molecule has 0 amide bonds. The molecule has 0 fully saturated rings. The van der Waals surface area contributed by atoms with Crippen LogP contribution in [0.2, 0.25) is 10.3 Å². The molecule has 1 heterocycles. The van der Waals surface area contributed by atoms with E-state index >= 15 is 0 Å². The van der Waals surface area contributed by atoms with Gasteiger partial charge in [0.15, 0.2) is 0 Å². The van der Waals surface area contributed by atoms with Crippen molar-refractivity contribution >= 4 is 41.6 Å². The summed E-state index contributed by atoms with van der Waals surface area (Å²) in [7, 11) is 1.25. The molecule has 0 saturated carbocycles. The van der Waals surface area contributed by atoms with Crippen LogP contribution in [0.1, 0.15) is 11.6 Å². The van der Waals surface area contributed by atoms with Crippen molar-refractivity contribution in [2.45, 2.75) is 6.04 Å². The first kappa shape index (κ1) is 14.5. The minimum atomic E-state index is -0.933. The summed E-state index contributed by atoms with van der Waals surface area (Å²) in [5.41, 5.74) is 5.95. The van der Waals surface area contributed by atoms with E-state index < -0.39 is 12.0 Å². The van der Waals surface area contributed by atoms with Crippen molar-refractivity contribution in [3.63, 3.8) is 0 Å². The van der Waals surface area contributed by atoms with Gasteiger partial charge in [0.25, 0.3) is 0 Å². The third-order valence-electron chi connectivity index (χ3n) is 1.63. The minimum absolute atomic E-state index is 0. The van der Waals surface area contributed by atoms with Crippen LogP contribution in [0.3, 0.4) is 0 Å². The van der Waals surface area contributed by atoms with E-state index in [-0.39, 0.29) is 22.7 Å². The molecule has 7 heteroatoms. The molecule has 2 N–H and O–H groups in total. The zero-order valence-electron chi connectivity index (χ0n) is 7.74. The largest absolute Gasteiger partial charge is 0.468 e. The Morgan fingerprint density at radius 2 is 2.13 bits per heavy atom. The van der Waals surface area contributed by atoms with Gasteiger partial charge in [-0.1, -0.05) is 29.3 Å². The van der Waals surface area contributed by atoms with Gasteiger partial charge in [0, 0.05) is 5.56 Å². The van der Waals surface area contributed by atoms with Gasteiger partial charge in [-0.25, -0.2) is 4.98 Å². The van der Waals surface area contributed by atoms with E-state index in [1.165, 1.54) is 13.2 Å². The number of aromatic nitrogens is 1. The molecule has 0 aromatic carbocycles. The van der Waals surface area contributed by atoms with Crippen LogP contribution in [0.4, 0.5) is 0 Å². The molecule has 0 aliphatic carbocycles. The number of esters is 1. The number of nitrogens with two attached hydrogens (primary N) is 1. The summed E-state index contributed by atoms with van der Waals surface area (Å²) < 4.78 is 4.47. The molecule has 1 aromatic heterocycles. The van der Waals surface area contributed by atoms with Crippen molar-refractivity contribution in [3.05, 3.63) is 28.0 Å². The molecule has 84 valence electrons. The maximum Gasteiger partial charge on any atom is 0.327 e. The molecule has 0 aliphatic heterocycles. The van der Waals surface area contributed by atoms with E-state index in [4.69, 9.17) is 28.9 Å². The zero-order chi connectivity index (χ0) is 10.7. The second-order valence-corrected chi connectivity index (χ2v) is 3.26. The summed E-state index contributed by atoms with van der Waals surface area (Å²) in [5, 5.41) is 0.353. The standard InChI is InChI=1S/C8H8Cl2N2O2.ClH/c1-14-8(13)6(11)4-2-3-5(9)12-7(4)10;/h2-3,6H,11H2,1H3;1H/t6-;/m0./s1. The SMILES string of the molecule is COC(=O)[C@@H](N)c1ccc(Cl)nc1Cl.Cl. The number of carbonyl (C=O) groups is 1. The molecule has 1 atom stereocenters. The Morgan fingerprint density at radius 3 is 2.60 bits per heavy atom. The van der Waals surface area contributed by atoms with Gasteiger partial charge < -0.3 is 10.5 Å². The highest BCUT2D eigenvalue weighted by molar-refractivity contribution is 6.33. The highest BCUT2D eigenvalue weighted by Gasteiger charge is 2.19. The number of pyridine rings is 1. The van der Waals surface area contributed by atoms with E-state index in [9.17, 15) is 4.79 Å². The lowest BCUT2D eigenvalue weighted by molar-refractivity contribution is -0.142. The lowest BCUT2D eigenvalue weighted by Crippen LogP contribution is -2.23. The molecule has 0 saturated heterocycles. The molecule has 15 heavy (non-hydrogen) atoms. The van der Waals surface area contributed by atoms with Gasteiger partial charge in [0.1, 0.15) is 16.3 Å². The fraction of sp³-hybridized carbons (Fsp3) is 0.250. The molecule has 1 aromatic rings. The van der Waals surface area contributed by atoms with Crippen LogP contribution in [0.25, 0.3) is 0 Å². The molecule has 0 radical (unpaired) electrons. The topological polar surface area (TPSA) is 65.2 Å². The minimum Gasteiger partial charge on any atom is -0.468 e. The van der Waals surface area contributed by atoms with Crippen molar-refractivity contribution in [2.24, 2.45) is 5.73 Å². The van der Waals surface area contributed by atoms with E-state index in [0.717, 1.165) is 0 Å². The predicted molar refractivity (Wildman–Crippen MR) is 60.4 cm³/mol. The fourth-order valence-corrected chi connectivity index (χ4v) is 1.37. The molecular weight excluding hydrogens is 262 g/mol. The summed E-state index contributed by atoms with van der Waals surface area (Å²) in [6, 6.07) is 2.11. The Hall–Kier alpha value is -0.550. The first-order valence-electron chi connectivity index (χ1n) is 3.71. The van der Waals surface area contributed by atoms with Crippen molar-refractivity contribution in [1.82, 2.24) is 4.98 Å². The van der Waals surface area contributed by atoms with Crippen LogP contribution >= 0.6 is 35.6 Å². The van der Waals surface area contributed by atoms with Gasteiger partial charge in [0.05, 0.1) is 7.11 Å². The summed E-state index contributed by atoms with van der Waals surface area (Å²) in [6.45, 7) is 0. The lowest BCUT2D eigenvalue weighted by Gasteiger charge is -2.10. The molecular formula is C8H9Cl3N2O2. The Labute approximate surface area is 103 Å². The van der Waals surface area contributed by atoms with Crippen LogP contribution in [0.5, 0.6) is 0 Å². The number of rotatable bonds is 2. The quantitative estimate of drug-likeness (QED) is 0.660. The van der Waals surface area contributed by atoms with Gasteiger partial charge in [-0.2, -0.15) is 0 Å². The summed E-state index contributed by atoms with van der Waals surface area (Å²) in [5.74, 6) is -0.573. The number of carbonyl (C=O) groups excluding carboxylic acids is 1. The number of methoxy groups -OCH3 is 1. The van der Waals surface area contributed by atoms with Gasteiger partial charge in [-0.05, 0) is 6.07 Å². The number of hydrogen-bond acceptors (Lipinski definition) is 4. The second kappa shape index (κ2) is 6.12. The maximum absolute atomic E-state index is 11.1. The second-order valence-electron chi connectivity index (χ2n) is 2.51. The van der Waals surface area contributed by atoms with Gasteiger partial charge in [0.2, 0.25) is 0 Å². The smallest absolute Gasteiger partial charge is 0.327 e. The monoisotopic (exact) mass is 270 g/mol. The molecule has 4 nitrogen and oxygen atoms in total. The van der Waals surface area contributed by atoms with E-state index in [2.05, 4.69) is 9.72 Å². The summed E-state index contributed by atoms with van der Waals surface area (Å²) >= 11 is 11.3. The first-order chi connectivity index (χ1) is 6.56. The average molecular weight is 272 g/mol. The van der Waals surface area contributed by atoms with Gasteiger partial charge in [-0.15, -0.1) is 12.4 Å². The van der Waals surface area contributed by atoms with Crippen LogP contribution < -0.4 is 5.73 Å². The normalized spacial score (nSPS) is 11.5. The molecule has 0 bridgehead atoms. The Balaban J connectivity index is 0.00000196. The highest BCUT2D eigenvalue weighted by atomic mass is 35.5. The Morgan fingerprint density at radius 1 is 1.53 bits per heavy atom. The summed E-state index contributed by atoms with van der Waals surface area (Å²) in [6.07, 6.45) is 0. The third kappa shape index (κ3) is 3.50. The van der Waals surface area contributed by atoms with Crippen LogP contribution in [-0.4, -0.2) is 18.1 Å². The van der Waals surface area contributed by atoms with Crippen LogP contribution in [0.15, 0.2) is 12.1 Å². The number of hydrogen-bond donors (Lipinski definition) is 1. The third-order valence-corrected chi connectivity index (χ3v) is 2.15. The predicted octanol–water partition coefficient (Wildman–Crippen LogP) is 1.98. The Bertz CT molecular complexity index is 360. The molecule has 0 aliphatic rings. The van der Waals surface area contributed by atoms with E-state index in [0.29, 0.717) is 5.56 Å². The maximum atomic E-state index is 11.1. The summed E-state index contributed by atoms with van der Waals surface area (Å²) in [4.78, 5) is 14.8. The van der Waals surface area contributed by atoms with Crippen LogP contribution in [0, 0.1) is 0 Å². The average Bonchev–Trinajstić information content (AvgIpc) is 2.15. The lowest BCUT2D eigenvalue weighted by atomic mass is 10.1. The van der Waals surface area contributed by atoms with Crippen molar-refractivity contribution in [3.8, 4) is 0 Å². The first-order valence-corrected chi connectivity index (χ1v) is 4.47. The van der Waals surface area contributed by atoms with Crippen molar-refractivity contribution in [1.29, 1.82) is 0 Å². The van der Waals surface area contributed by atoms with Crippen molar-refractivity contribution in [2.75, 3.05) is 7.11 Å². The van der Waals surface area contributed by atoms with Gasteiger partial charge >= 0.3 is 5.97 Å². The van der Waals surface area contributed by atoms with Crippen molar-refractivity contribution < 1.29 is 9.53 Å². The Kier molecular flexibility index (Phi) is 5.90. The molecule has 1 rings (SSSR count). The zero-order valence-corrected chi connectivity index (χ0v) is 10.1. The number of ether oxygens (including phenoxy) is 1. The fourth-order valence-electron chi connectivity index (χ4n) is 0.909. The van der Waals surface area contributed by atoms with E-state index in [1.807, 2.05) is 0 Å². The highest BCUT2D eigenvalue weighted by Crippen LogP contribution is 2.22. The molecule has 0 unspecified atom stereocenters. The van der Waals surface area contributed by atoms with Gasteiger partial charge in [-0.3, -0.25) is 4.79 Å². The number of halogens is 3. The van der Waals surface area contributed by atoms with E-state index in [1.54, 1.807) is 6.07 Å². The number of nitrogens with zero attached hydrogens (tertiary/aromatic N) is 1. The molecule has 0 spiro atoms.